The van der Waals surface area contributed by atoms with E-state index in [-0.39, 0.29) is 10.9 Å². The summed E-state index contributed by atoms with van der Waals surface area (Å²) in [5, 5.41) is 6.75. The number of hydrogen-bond donors (Lipinski definition) is 2. The average Bonchev–Trinajstić information content (AvgIpc) is 3.18. The van der Waals surface area contributed by atoms with Crippen LogP contribution in [0.25, 0.3) is 22.1 Å². The van der Waals surface area contributed by atoms with E-state index in [9.17, 15) is 4.79 Å². The number of thiocarbonyl (C=S) groups is 1. The van der Waals surface area contributed by atoms with E-state index in [2.05, 4.69) is 10.6 Å². The first kappa shape index (κ1) is 18.7. The zero-order valence-electron chi connectivity index (χ0n) is 15.6. The lowest BCUT2D eigenvalue weighted by atomic mass is 10.1. The molecule has 144 valence electrons. The number of benzene rings is 3. The maximum Gasteiger partial charge on any atom is 0.293 e. The number of carbonyl (C=O) groups is 1. The number of nitrogens with one attached hydrogen (secondary N) is 2. The van der Waals surface area contributed by atoms with Crippen LogP contribution in [0.1, 0.15) is 10.6 Å². The molecule has 0 aliphatic rings. The Hall–Kier alpha value is -3.64. The van der Waals surface area contributed by atoms with Crippen molar-refractivity contribution in [1.82, 2.24) is 5.32 Å². The summed E-state index contributed by atoms with van der Waals surface area (Å²) in [5.41, 5.74) is 3.49. The zero-order valence-corrected chi connectivity index (χ0v) is 16.5. The number of methoxy groups -OCH3 is 1. The van der Waals surface area contributed by atoms with Crippen molar-refractivity contribution in [3.8, 4) is 16.9 Å². The number of amides is 1. The Labute approximate surface area is 173 Å². The number of furan rings is 1. The largest absolute Gasteiger partial charge is 0.497 e. The predicted molar refractivity (Wildman–Crippen MR) is 118 cm³/mol. The summed E-state index contributed by atoms with van der Waals surface area (Å²) >= 11 is 5.28. The topological polar surface area (TPSA) is 63.5 Å². The quantitative estimate of drug-likeness (QED) is 0.457. The van der Waals surface area contributed by atoms with Gasteiger partial charge in [0, 0.05) is 11.1 Å². The van der Waals surface area contributed by atoms with Crippen LogP contribution in [-0.2, 0) is 0 Å². The van der Waals surface area contributed by atoms with E-state index in [1.807, 2.05) is 72.8 Å². The first-order valence-corrected chi connectivity index (χ1v) is 9.38. The molecule has 4 aromatic rings. The molecule has 3 aromatic carbocycles. The fraction of sp³-hybridized carbons (Fsp3) is 0.0435. The minimum absolute atomic E-state index is 0.197. The third-order valence-electron chi connectivity index (χ3n) is 4.42. The number of hydrogen-bond acceptors (Lipinski definition) is 4. The fourth-order valence-corrected chi connectivity index (χ4v) is 3.19. The standard InChI is InChI=1S/C23H18N2O3S/c1-27-19-11-9-15(10-12-19)16-6-4-7-18(13-16)24-23(29)25-22(26)21-14-17-5-2-3-8-20(17)28-21/h2-14H,1H3,(H2,24,25,26,29). The second kappa shape index (κ2) is 8.16. The smallest absolute Gasteiger partial charge is 0.293 e. The SMILES string of the molecule is COc1ccc(-c2cccc(NC(=S)NC(=O)c3cc4ccccc4o3)c2)cc1. The van der Waals surface area contributed by atoms with Crippen LogP contribution in [0.15, 0.2) is 83.3 Å². The van der Waals surface area contributed by atoms with Crippen LogP contribution in [0.5, 0.6) is 5.75 Å². The molecule has 0 aliphatic carbocycles. The van der Waals surface area contributed by atoms with Crippen LogP contribution in [-0.4, -0.2) is 18.1 Å². The van der Waals surface area contributed by atoms with E-state index in [0.29, 0.717) is 5.58 Å². The third kappa shape index (κ3) is 4.28. The minimum Gasteiger partial charge on any atom is -0.497 e. The van der Waals surface area contributed by atoms with Crippen LogP contribution >= 0.6 is 12.2 Å². The summed E-state index contributed by atoms with van der Waals surface area (Å²) in [6.07, 6.45) is 0. The minimum atomic E-state index is -0.398. The third-order valence-corrected chi connectivity index (χ3v) is 4.62. The molecule has 0 aliphatic heterocycles. The van der Waals surface area contributed by atoms with Crippen molar-refractivity contribution in [3.63, 3.8) is 0 Å². The summed E-state index contributed by atoms with van der Waals surface area (Å²) in [7, 11) is 1.64. The molecular weight excluding hydrogens is 384 g/mol. The molecule has 4 rings (SSSR count). The summed E-state index contributed by atoms with van der Waals surface area (Å²) in [5.74, 6) is 0.616. The monoisotopic (exact) mass is 402 g/mol. The van der Waals surface area contributed by atoms with Gasteiger partial charge < -0.3 is 14.5 Å². The van der Waals surface area contributed by atoms with E-state index in [1.165, 1.54) is 0 Å². The van der Waals surface area contributed by atoms with E-state index in [4.69, 9.17) is 21.4 Å². The molecule has 0 spiro atoms. The van der Waals surface area contributed by atoms with Gasteiger partial charge in [0.25, 0.3) is 5.91 Å². The summed E-state index contributed by atoms with van der Waals surface area (Å²) in [4.78, 5) is 12.4. The highest BCUT2D eigenvalue weighted by Gasteiger charge is 2.13. The Morgan fingerprint density at radius 1 is 0.931 bits per heavy atom. The summed E-state index contributed by atoms with van der Waals surface area (Å²) in [6, 6.07) is 24.7. The van der Waals surface area contributed by atoms with Gasteiger partial charge in [-0.1, -0.05) is 42.5 Å². The Morgan fingerprint density at radius 3 is 2.48 bits per heavy atom. The molecule has 1 heterocycles. The van der Waals surface area contributed by atoms with Gasteiger partial charge >= 0.3 is 0 Å². The molecule has 5 nitrogen and oxygen atoms in total. The van der Waals surface area contributed by atoms with Gasteiger partial charge in [0.1, 0.15) is 11.3 Å². The number of para-hydroxylation sites is 1. The molecule has 0 unspecified atom stereocenters. The average molecular weight is 402 g/mol. The number of ether oxygens (including phenoxy) is 1. The van der Waals surface area contributed by atoms with Crippen molar-refractivity contribution < 1.29 is 13.9 Å². The number of anilines is 1. The van der Waals surface area contributed by atoms with E-state index >= 15 is 0 Å². The van der Waals surface area contributed by atoms with Gasteiger partial charge in [0.15, 0.2) is 10.9 Å². The lowest BCUT2D eigenvalue weighted by Gasteiger charge is -2.10. The highest BCUT2D eigenvalue weighted by atomic mass is 32.1. The van der Waals surface area contributed by atoms with Gasteiger partial charge in [0.2, 0.25) is 0 Å². The molecule has 0 saturated heterocycles. The van der Waals surface area contributed by atoms with Gasteiger partial charge in [-0.05, 0) is 59.7 Å². The van der Waals surface area contributed by atoms with Crippen LogP contribution in [0.4, 0.5) is 5.69 Å². The highest BCUT2D eigenvalue weighted by molar-refractivity contribution is 7.80. The van der Waals surface area contributed by atoms with E-state index in [1.54, 1.807) is 13.2 Å². The molecule has 2 N–H and O–H groups in total. The highest BCUT2D eigenvalue weighted by Crippen LogP contribution is 2.25. The predicted octanol–water partition coefficient (Wildman–Crippen LogP) is 5.24. The maximum atomic E-state index is 12.4. The zero-order chi connectivity index (χ0) is 20.2. The second-order valence-electron chi connectivity index (χ2n) is 6.37. The number of rotatable bonds is 4. The van der Waals surface area contributed by atoms with Crippen molar-refractivity contribution >= 4 is 39.9 Å². The van der Waals surface area contributed by atoms with Gasteiger partial charge in [-0.3, -0.25) is 10.1 Å². The van der Waals surface area contributed by atoms with Gasteiger partial charge in [-0.15, -0.1) is 0 Å². The maximum absolute atomic E-state index is 12.4. The molecule has 0 saturated carbocycles. The normalized spacial score (nSPS) is 10.5. The molecular formula is C23H18N2O3S. The molecule has 0 fully saturated rings. The summed E-state index contributed by atoms with van der Waals surface area (Å²) in [6.45, 7) is 0. The molecule has 6 heteroatoms. The Balaban J connectivity index is 1.44. The first-order chi connectivity index (χ1) is 14.1. The van der Waals surface area contributed by atoms with Crippen LogP contribution < -0.4 is 15.4 Å². The fourth-order valence-electron chi connectivity index (χ4n) is 2.98. The molecule has 0 radical (unpaired) electrons. The molecule has 0 bridgehead atoms. The lowest BCUT2D eigenvalue weighted by molar-refractivity contribution is 0.0953. The van der Waals surface area contributed by atoms with Crippen LogP contribution in [0, 0.1) is 0 Å². The van der Waals surface area contributed by atoms with Crippen LogP contribution in [0.3, 0.4) is 0 Å². The number of carbonyl (C=O) groups excluding carboxylic acids is 1. The molecule has 1 amide bonds. The molecule has 1 aromatic heterocycles. The summed E-state index contributed by atoms with van der Waals surface area (Å²) < 4.78 is 10.8. The number of fused-ring (bicyclic) bond motifs is 1. The lowest BCUT2D eigenvalue weighted by Crippen LogP contribution is -2.33. The van der Waals surface area contributed by atoms with Gasteiger partial charge in [-0.2, -0.15) is 0 Å². The van der Waals surface area contributed by atoms with Crippen molar-refractivity contribution in [3.05, 3.63) is 84.6 Å². The molecule has 0 atom stereocenters. The Bertz CT molecular complexity index is 1150. The van der Waals surface area contributed by atoms with Crippen molar-refractivity contribution in [1.29, 1.82) is 0 Å². The van der Waals surface area contributed by atoms with E-state index < -0.39 is 5.91 Å². The Morgan fingerprint density at radius 2 is 1.72 bits per heavy atom. The van der Waals surface area contributed by atoms with Crippen LogP contribution in [0.2, 0.25) is 0 Å². The Kier molecular flexibility index (Phi) is 5.27. The van der Waals surface area contributed by atoms with E-state index in [0.717, 1.165) is 28.0 Å². The van der Waals surface area contributed by atoms with Crippen molar-refractivity contribution in [2.45, 2.75) is 0 Å². The first-order valence-electron chi connectivity index (χ1n) is 8.98. The van der Waals surface area contributed by atoms with Gasteiger partial charge in [-0.25, -0.2) is 0 Å². The van der Waals surface area contributed by atoms with Crippen molar-refractivity contribution in [2.24, 2.45) is 0 Å². The van der Waals surface area contributed by atoms with Gasteiger partial charge in [0.05, 0.1) is 7.11 Å². The van der Waals surface area contributed by atoms with Crippen molar-refractivity contribution in [2.75, 3.05) is 12.4 Å². The second-order valence-corrected chi connectivity index (χ2v) is 6.77. The molecule has 29 heavy (non-hydrogen) atoms.